The zero-order chi connectivity index (χ0) is 16.2. The smallest absolute Gasteiger partial charge is 0.258 e. The number of amides is 1. The number of carbonyl (C=O) groups excluding carboxylic acids is 1. The van der Waals surface area contributed by atoms with Crippen LogP contribution in [-0.4, -0.2) is 25.5 Å². The Morgan fingerprint density at radius 1 is 1.09 bits per heavy atom. The molecule has 0 unspecified atom stereocenters. The molecule has 3 heteroatoms. The molecule has 0 N–H and O–H groups in total. The molecule has 1 amide bonds. The highest BCUT2D eigenvalue weighted by molar-refractivity contribution is 6.06. The predicted molar refractivity (Wildman–Crippen MR) is 96.4 cm³/mol. The second-order valence-electron chi connectivity index (χ2n) is 6.13. The van der Waals surface area contributed by atoms with Gasteiger partial charge in [0.1, 0.15) is 0 Å². The molecule has 1 saturated heterocycles. The molecule has 2 aromatic carbocycles. The fraction of sp³-hybridized carbons (Fsp3) is 0.350. The van der Waals surface area contributed by atoms with Gasteiger partial charge in [-0.3, -0.25) is 4.79 Å². The van der Waals surface area contributed by atoms with Crippen LogP contribution in [0.25, 0.3) is 0 Å². The fourth-order valence-corrected chi connectivity index (χ4v) is 3.19. The van der Waals surface area contributed by atoms with E-state index in [1.807, 2.05) is 49.1 Å². The molecule has 3 nitrogen and oxygen atoms in total. The monoisotopic (exact) mass is 308 g/mol. The van der Waals surface area contributed by atoms with Crippen molar-refractivity contribution in [2.24, 2.45) is 0 Å². The third-order valence-corrected chi connectivity index (χ3v) is 4.46. The van der Waals surface area contributed by atoms with Crippen LogP contribution in [0.1, 0.15) is 35.7 Å². The van der Waals surface area contributed by atoms with Gasteiger partial charge in [0.2, 0.25) is 0 Å². The fourth-order valence-electron chi connectivity index (χ4n) is 3.19. The minimum absolute atomic E-state index is 0.0612. The van der Waals surface area contributed by atoms with Gasteiger partial charge < -0.3 is 9.80 Å². The summed E-state index contributed by atoms with van der Waals surface area (Å²) >= 11 is 0. The summed E-state index contributed by atoms with van der Waals surface area (Å²) in [6, 6.07) is 16.1. The molecule has 1 heterocycles. The lowest BCUT2D eigenvalue weighted by atomic mass is 10.1. The Morgan fingerprint density at radius 3 is 2.39 bits per heavy atom. The van der Waals surface area contributed by atoms with Crippen LogP contribution >= 0.6 is 0 Å². The Bertz CT molecular complexity index is 672. The van der Waals surface area contributed by atoms with E-state index in [0.717, 1.165) is 29.9 Å². The first-order chi connectivity index (χ1) is 11.2. The van der Waals surface area contributed by atoms with Crippen molar-refractivity contribution in [3.8, 4) is 0 Å². The second kappa shape index (κ2) is 6.86. The molecule has 1 aliphatic rings. The highest BCUT2D eigenvalue weighted by Crippen LogP contribution is 2.23. The Balaban J connectivity index is 1.80. The van der Waals surface area contributed by atoms with Crippen molar-refractivity contribution in [2.45, 2.75) is 26.7 Å². The molecule has 0 aromatic heterocycles. The van der Waals surface area contributed by atoms with E-state index in [0.29, 0.717) is 6.54 Å². The normalized spacial score (nSPS) is 14.1. The number of nitrogens with zero attached hydrogens (tertiary/aromatic N) is 2. The van der Waals surface area contributed by atoms with Crippen LogP contribution in [0.15, 0.2) is 48.5 Å². The zero-order valence-corrected chi connectivity index (χ0v) is 14.0. The highest BCUT2D eigenvalue weighted by Gasteiger charge is 2.17. The van der Waals surface area contributed by atoms with Crippen LogP contribution in [0.2, 0.25) is 0 Å². The van der Waals surface area contributed by atoms with Crippen LogP contribution in [-0.2, 0) is 0 Å². The molecule has 2 aromatic rings. The SMILES string of the molecule is CCN(C(=O)c1ccc(N2CCCC2)cc1)c1cccc(C)c1. The maximum absolute atomic E-state index is 12.8. The van der Waals surface area contributed by atoms with Crippen molar-refractivity contribution in [1.82, 2.24) is 0 Å². The number of benzene rings is 2. The maximum Gasteiger partial charge on any atom is 0.258 e. The average molecular weight is 308 g/mol. The van der Waals surface area contributed by atoms with E-state index < -0.39 is 0 Å². The molecule has 0 spiro atoms. The van der Waals surface area contributed by atoms with Gasteiger partial charge in [-0.15, -0.1) is 0 Å². The molecule has 1 fully saturated rings. The Labute approximate surface area is 138 Å². The largest absolute Gasteiger partial charge is 0.372 e. The van der Waals surface area contributed by atoms with Crippen molar-refractivity contribution < 1.29 is 4.79 Å². The highest BCUT2D eigenvalue weighted by atomic mass is 16.2. The predicted octanol–water partition coefficient (Wildman–Crippen LogP) is 4.26. The van der Waals surface area contributed by atoms with Crippen LogP contribution in [0.4, 0.5) is 11.4 Å². The van der Waals surface area contributed by atoms with Gasteiger partial charge in [0.05, 0.1) is 0 Å². The molecule has 1 aliphatic heterocycles. The van der Waals surface area contributed by atoms with Gasteiger partial charge in [0.15, 0.2) is 0 Å². The topological polar surface area (TPSA) is 23.6 Å². The summed E-state index contributed by atoms with van der Waals surface area (Å²) in [4.78, 5) is 17.0. The van der Waals surface area contributed by atoms with Gasteiger partial charge in [-0.2, -0.15) is 0 Å². The van der Waals surface area contributed by atoms with Gasteiger partial charge in [0, 0.05) is 36.6 Å². The van der Waals surface area contributed by atoms with Crippen LogP contribution in [0, 0.1) is 6.92 Å². The molecule has 23 heavy (non-hydrogen) atoms. The van der Waals surface area contributed by atoms with Crippen molar-refractivity contribution in [1.29, 1.82) is 0 Å². The summed E-state index contributed by atoms with van der Waals surface area (Å²) in [5, 5.41) is 0. The molecular weight excluding hydrogens is 284 g/mol. The van der Waals surface area contributed by atoms with E-state index in [1.165, 1.54) is 18.5 Å². The lowest BCUT2D eigenvalue weighted by Gasteiger charge is -2.22. The third kappa shape index (κ3) is 3.39. The third-order valence-electron chi connectivity index (χ3n) is 4.46. The average Bonchev–Trinajstić information content (AvgIpc) is 3.10. The number of rotatable bonds is 4. The van der Waals surface area contributed by atoms with Gasteiger partial charge >= 0.3 is 0 Å². The van der Waals surface area contributed by atoms with Crippen molar-refractivity contribution in [3.05, 3.63) is 59.7 Å². The van der Waals surface area contributed by atoms with E-state index in [2.05, 4.69) is 23.1 Å². The molecule has 0 bridgehead atoms. The first-order valence-electron chi connectivity index (χ1n) is 8.42. The summed E-state index contributed by atoms with van der Waals surface area (Å²) in [5.41, 5.74) is 4.09. The first-order valence-corrected chi connectivity index (χ1v) is 8.42. The summed E-state index contributed by atoms with van der Waals surface area (Å²) in [7, 11) is 0. The molecule has 0 saturated carbocycles. The summed E-state index contributed by atoms with van der Waals surface area (Å²) in [5.74, 6) is 0.0612. The quantitative estimate of drug-likeness (QED) is 0.842. The summed E-state index contributed by atoms with van der Waals surface area (Å²) < 4.78 is 0. The minimum Gasteiger partial charge on any atom is -0.372 e. The van der Waals surface area contributed by atoms with E-state index in [-0.39, 0.29) is 5.91 Å². The van der Waals surface area contributed by atoms with Crippen LogP contribution in [0.5, 0.6) is 0 Å². The van der Waals surface area contributed by atoms with Gasteiger partial charge in [0.25, 0.3) is 5.91 Å². The number of hydrogen-bond donors (Lipinski definition) is 0. The number of anilines is 2. The minimum atomic E-state index is 0.0612. The van der Waals surface area contributed by atoms with Crippen LogP contribution < -0.4 is 9.80 Å². The van der Waals surface area contributed by atoms with Gasteiger partial charge in [-0.05, 0) is 68.7 Å². The molecule has 0 atom stereocenters. The first kappa shape index (κ1) is 15.6. The van der Waals surface area contributed by atoms with Crippen molar-refractivity contribution in [2.75, 3.05) is 29.4 Å². The molecular formula is C20H24N2O. The van der Waals surface area contributed by atoms with Crippen molar-refractivity contribution >= 4 is 17.3 Å². The molecule has 0 aliphatic carbocycles. The Morgan fingerprint density at radius 2 is 1.78 bits per heavy atom. The number of carbonyl (C=O) groups is 1. The van der Waals surface area contributed by atoms with E-state index in [1.54, 1.807) is 0 Å². The van der Waals surface area contributed by atoms with E-state index in [9.17, 15) is 4.79 Å². The van der Waals surface area contributed by atoms with Crippen LogP contribution in [0.3, 0.4) is 0 Å². The summed E-state index contributed by atoms with van der Waals surface area (Å²) in [6.07, 6.45) is 2.52. The number of hydrogen-bond acceptors (Lipinski definition) is 2. The molecule has 120 valence electrons. The lowest BCUT2D eigenvalue weighted by Crippen LogP contribution is -2.30. The standard InChI is InChI=1S/C20H24N2O/c1-3-22(19-8-6-7-16(2)15-19)20(23)17-9-11-18(12-10-17)21-13-4-5-14-21/h6-12,15H,3-5,13-14H2,1-2H3. The molecule has 0 radical (unpaired) electrons. The van der Waals surface area contributed by atoms with Gasteiger partial charge in [-0.1, -0.05) is 12.1 Å². The lowest BCUT2D eigenvalue weighted by molar-refractivity contribution is 0.0988. The van der Waals surface area contributed by atoms with Gasteiger partial charge in [-0.25, -0.2) is 0 Å². The second-order valence-corrected chi connectivity index (χ2v) is 6.13. The zero-order valence-electron chi connectivity index (χ0n) is 14.0. The van der Waals surface area contributed by atoms with Crippen molar-refractivity contribution in [3.63, 3.8) is 0 Å². The van der Waals surface area contributed by atoms with E-state index >= 15 is 0 Å². The summed E-state index contributed by atoms with van der Waals surface area (Å²) in [6.45, 7) is 6.97. The maximum atomic E-state index is 12.8. The Hall–Kier alpha value is -2.29. The van der Waals surface area contributed by atoms with E-state index in [4.69, 9.17) is 0 Å². The number of aryl methyl sites for hydroxylation is 1. The Kier molecular flexibility index (Phi) is 4.65. The molecule has 3 rings (SSSR count).